The van der Waals surface area contributed by atoms with Crippen molar-refractivity contribution in [1.82, 2.24) is 10.2 Å². The van der Waals surface area contributed by atoms with Gasteiger partial charge in [-0.25, -0.2) is 8.42 Å². The van der Waals surface area contributed by atoms with Crippen LogP contribution in [0.3, 0.4) is 0 Å². The van der Waals surface area contributed by atoms with Gasteiger partial charge in [0.25, 0.3) is 0 Å². The zero-order valence-electron chi connectivity index (χ0n) is 20.6. The molecular formula is C24H32ClN3O6S. The molecule has 0 bridgehead atoms. The molecule has 1 N–H and O–H groups in total. The van der Waals surface area contributed by atoms with Crippen molar-refractivity contribution in [2.24, 2.45) is 0 Å². The first-order valence-corrected chi connectivity index (χ1v) is 13.3. The summed E-state index contributed by atoms with van der Waals surface area (Å²) in [4.78, 5) is 27.8. The predicted octanol–water partition coefficient (Wildman–Crippen LogP) is 3.07. The molecule has 0 heterocycles. The number of anilines is 1. The first-order chi connectivity index (χ1) is 16.5. The van der Waals surface area contributed by atoms with Gasteiger partial charge in [-0.05, 0) is 49.2 Å². The Labute approximate surface area is 212 Å². The molecular weight excluding hydrogens is 494 g/mol. The van der Waals surface area contributed by atoms with E-state index >= 15 is 0 Å². The molecule has 0 unspecified atom stereocenters. The highest BCUT2D eigenvalue weighted by molar-refractivity contribution is 7.92. The maximum atomic E-state index is 13.6. The standard InChI is InChI=1S/C24H32ClN3O6S/c1-6-21(24(30)26-7-2)27(15-17-9-8-10-19(13-17)33-3)23(29)16-28(35(5,31)32)18-11-12-22(34-4)20(25)14-18/h8-14,21H,6-7,15-16H2,1-5H3,(H,26,30)/t21-/m0/s1. The Morgan fingerprint density at radius 1 is 1.09 bits per heavy atom. The van der Waals surface area contributed by atoms with Crippen LogP contribution in [0, 0.1) is 0 Å². The number of nitrogens with zero attached hydrogens (tertiary/aromatic N) is 2. The van der Waals surface area contributed by atoms with Crippen molar-refractivity contribution >= 4 is 39.1 Å². The molecule has 0 aliphatic heterocycles. The number of carbonyl (C=O) groups excluding carboxylic acids is 2. The van der Waals surface area contributed by atoms with Crippen molar-refractivity contribution in [3.8, 4) is 11.5 Å². The number of amides is 2. The Kier molecular flexibility index (Phi) is 10.2. The molecule has 9 nitrogen and oxygen atoms in total. The summed E-state index contributed by atoms with van der Waals surface area (Å²) in [5.74, 6) is 0.122. The van der Waals surface area contributed by atoms with E-state index in [0.717, 1.165) is 16.1 Å². The number of ether oxygens (including phenoxy) is 2. The van der Waals surface area contributed by atoms with Crippen LogP contribution in [0.2, 0.25) is 5.02 Å². The van der Waals surface area contributed by atoms with E-state index in [2.05, 4.69) is 5.32 Å². The van der Waals surface area contributed by atoms with Gasteiger partial charge in [-0.1, -0.05) is 30.7 Å². The van der Waals surface area contributed by atoms with Gasteiger partial charge in [0.05, 0.1) is 31.2 Å². The second-order valence-corrected chi connectivity index (χ2v) is 10.1. The summed E-state index contributed by atoms with van der Waals surface area (Å²) in [5, 5.41) is 2.96. The van der Waals surface area contributed by atoms with E-state index in [9.17, 15) is 18.0 Å². The molecule has 0 spiro atoms. The lowest BCUT2D eigenvalue weighted by molar-refractivity contribution is -0.140. The number of sulfonamides is 1. The molecule has 0 saturated heterocycles. The highest BCUT2D eigenvalue weighted by Crippen LogP contribution is 2.30. The smallest absolute Gasteiger partial charge is 0.244 e. The Hall–Kier alpha value is -2.98. The van der Waals surface area contributed by atoms with E-state index in [1.54, 1.807) is 32.0 Å². The molecule has 2 rings (SSSR count). The van der Waals surface area contributed by atoms with Gasteiger partial charge in [-0.15, -0.1) is 0 Å². The Morgan fingerprint density at radius 3 is 2.34 bits per heavy atom. The predicted molar refractivity (Wildman–Crippen MR) is 137 cm³/mol. The molecule has 2 aromatic carbocycles. The summed E-state index contributed by atoms with van der Waals surface area (Å²) >= 11 is 6.20. The third-order valence-electron chi connectivity index (χ3n) is 5.33. The number of likely N-dealkylation sites (N-methyl/N-ethyl adjacent to an activating group) is 1. The SMILES string of the molecule is CCNC(=O)[C@H](CC)N(Cc1cccc(OC)c1)C(=O)CN(c1ccc(OC)c(Cl)c1)S(C)(=O)=O. The molecule has 0 aliphatic rings. The summed E-state index contributed by atoms with van der Waals surface area (Å²) in [5.41, 5.74) is 0.942. The second-order valence-electron chi connectivity index (χ2n) is 7.78. The average molecular weight is 526 g/mol. The fourth-order valence-electron chi connectivity index (χ4n) is 3.60. The summed E-state index contributed by atoms with van der Waals surface area (Å²) in [7, 11) is -0.880. The molecule has 2 aromatic rings. The van der Waals surface area contributed by atoms with Crippen LogP contribution in [0.15, 0.2) is 42.5 Å². The molecule has 0 aromatic heterocycles. The Morgan fingerprint density at radius 2 is 1.80 bits per heavy atom. The van der Waals surface area contributed by atoms with Gasteiger partial charge in [0, 0.05) is 13.1 Å². The lowest BCUT2D eigenvalue weighted by atomic mass is 10.1. The average Bonchev–Trinajstić information content (AvgIpc) is 2.81. The van der Waals surface area contributed by atoms with Crippen LogP contribution < -0.4 is 19.1 Å². The van der Waals surface area contributed by atoms with Crippen LogP contribution in [0.4, 0.5) is 5.69 Å². The van der Waals surface area contributed by atoms with Crippen molar-refractivity contribution in [3.63, 3.8) is 0 Å². The maximum absolute atomic E-state index is 13.6. The second kappa shape index (κ2) is 12.6. The number of hydrogen-bond donors (Lipinski definition) is 1. The number of hydrogen-bond acceptors (Lipinski definition) is 6. The molecule has 2 amide bonds. The molecule has 0 fully saturated rings. The number of benzene rings is 2. The van der Waals surface area contributed by atoms with Gasteiger partial charge in [-0.3, -0.25) is 13.9 Å². The van der Waals surface area contributed by atoms with Gasteiger partial charge in [-0.2, -0.15) is 0 Å². The highest BCUT2D eigenvalue weighted by Gasteiger charge is 2.31. The van der Waals surface area contributed by atoms with Crippen molar-refractivity contribution < 1.29 is 27.5 Å². The van der Waals surface area contributed by atoms with Crippen LogP contribution in [0.5, 0.6) is 11.5 Å². The van der Waals surface area contributed by atoms with Gasteiger partial charge < -0.3 is 19.7 Å². The Balaban J connectivity index is 2.47. The number of carbonyl (C=O) groups is 2. The number of halogens is 1. The normalized spacial score (nSPS) is 11.9. The zero-order valence-corrected chi connectivity index (χ0v) is 22.1. The maximum Gasteiger partial charge on any atom is 0.244 e. The van der Waals surface area contributed by atoms with E-state index in [4.69, 9.17) is 21.1 Å². The monoisotopic (exact) mass is 525 g/mol. The number of nitrogens with one attached hydrogen (secondary N) is 1. The van der Waals surface area contributed by atoms with E-state index in [0.29, 0.717) is 24.5 Å². The third kappa shape index (κ3) is 7.50. The van der Waals surface area contributed by atoms with Crippen molar-refractivity contribution in [3.05, 3.63) is 53.1 Å². The van der Waals surface area contributed by atoms with E-state index in [1.165, 1.54) is 37.3 Å². The van der Waals surface area contributed by atoms with Gasteiger partial charge in [0.1, 0.15) is 24.1 Å². The first-order valence-electron chi connectivity index (χ1n) is 11.1. The summed E-state index contributed by atoms with van der Waals surface area (Å²) < 4.78 is 36.7. The molecule has 11 heteroatoms. The molecule has 192 valence electrons. The van der Waals surface area contributed by atoms with E-state index in [-0.39, 0.29) is 23.2 Å². The minimum atomic E-state index is -3.86. The van der Waals surface area contributed by atoms with Gasteiger partial charge in [0.2, 0.25) is 21.8 Å². The van der Waals surface area contributed by atoms with Crippen molar-refractivity contribution in [1.29, 1.82) is 0 Å². The van der Waals surface area contributed by atoms with Crippen LogP contribution in [-0.2, 0) is 26.2 Å². The fourth-order valence-corrected chi connectivity index (χ4v) is 4.70. The third-order valence-corrected chi connectivity index (χ3v) is 6.76. The summed E-state index contributed by atoms with van der Waals surface area (Å²) in [6.45, 7) is 3.56. The quantitative estimate of drug-likeness (QED) is 0.456. The van der Waals surface area contributed by atoms with E-state index in [1.807, 2.05) is 6.07 Å². The minimum absolute atomic E-state index is 0.0899. The fraction of sp³-hybridized carbons (Fsp3) is 0.417. The van der Waals surface area contributed by atoms with Gasteiger partial charge >= 0.3 is 0 Å². The lowest BCUT2D eigenvalue weighted by Gasteiger charge is -2.33. The largest absolute Gasteiger partial charge is 0.497 e. The lowest BCUT2D eigenvalue weighted by Crippen LogP contribution is -2.52. The summed E-state index contributed by atoms with van der Waals surface area (Å²) in [6, 6.07) is 10.8. The van der Waals surface area contributed by atoms with Crippen LogP contribution in [0.25, 0.3) is 0 Å². The first kappa shape index (κ1) is 28.3. The molecule has 1 atom stereocenters. The Bertz CT molecular complexity index is 1140. The number of rotatable bonds is 12. The molecule has 0 aliphatic carbocycles. The van der Waals surface area contributed by atoms with Gasteiger partial charge in [0.15, 0.2) is 0 Å². The molecule has 0 saturated carbocycles. The zero-order chi connectivity index (χ0) is 26.2. The molecule has 35 heavy (non-hydrogen) atoms. The highest BCUT2D eigenvalue weighted by atomic mass is 35.5. The van der Waals surface area contributed by atoms with Crippen LogP contribution >= 0.6 is 11.6 Å². The van der Waals surface area contributed by atoms with Crippen LogP contribution in [-0.4, -0.2) is 64.7 Å². The van der Waals surface area contributed by atoms with Crippen molar-refractivity contribution in [2.75, 3.05) is 37.9 Å². The minimum Gasteiger partial charge on any atom is -0.497 e. The summed E-state index contributed by atoms with van der Waals surface area (Å²) in [6.07, 6.45) is 1.35. The topological polar surface area (TPSA) is 105 Å². The number of methoxy groups -OCH3 is 2. The van der Waals surface area contributed by atoms with E-state index < -0.39 is 28.5 Å². The molecule has 0 radical (unpaired) electrons. The van der Waals surface area contributed by atoms with Crippen LogP contribution in [0.1, 0.15) is 25.8 Å². The van der Waals surface area contributed by atoms with Crippen molar-refractivity contribution in [2.45, 2.75) is 32.9 Å².